The zero-order valence-electron chi connectivity index (χ0n) is 17.6. The van der Waals surface area contributed by atoms with Crippen LogP contribution < -0.4 is 9.62 Å². The molecule has 0 radical (unpaired) electrons. The molecule has 1 amide bonds. The number of rotatable bonds is 7. The molecular formula is C20H16F2N2O8S3. The van der Waals surface area contributed by atoms with Gasteiger partial charge in [-0.3, -0.25) is 14.4 Å². The number of hydrogen-bond donors (Lipinski definition) is 2. The number of benzene rings is 3. The van der Waals surface area contributed by atoms with Gasteiger partial charge in [-0.05, 0) is 42.5 Å². The fourth-order valence-corrected chi connectivity index (χ4v) is 5.26. The van der Waals surface area contributed by atoms with E-state index >= 15 is 0 Å². The molecule has 0 bridgehead atoms. The quantitative estimate of drug-likeness (QED) is 0.428. The predicted molar refractivity (Wildman–Crippen MR) is 121 cm³/mol. The highest BCUT2D eigenvalue weighted by Crippen LogP contribution is 2.35. The minimum Gasteiger partial charge on any atom is -0.506 e. The Bertz CT molecular complexity index is 1580. The summed E-state index contributed by atoms with van der Waals surface area (Å²) in [5.74, 6) is -1.12. The van der Waals surface area contributed by atoms with Gasteiger partial charge in [-0.25, -0.2) is 8.42 Å². The highest BCUT2D eigenvalue weighted by Gasteiger charge is 2.24. The molecule has 0 unspecified atom stereocenters. The number of phenolic OH excluding ortho intramolecular Hbond substituents is 1. The van der Waals surface area contributed by atoms with Gasteiger partial charge < -0.3 is 5.11 Å². The Morgan fingerprint density at radius 2 is 1.34 bits per heavy atom. The Hall–Kier alpha value is -3.56. The summed E-state index contributed by atoms with van der Waals surface area (Å²) in [5, 5.41) is 10.5. The monoisotopic (exact) mass is 546 g/mol. The van der Waals surface area contributed by atoms with Gasteiger partial charge in [-0.1, -0.05) is 18.2 Å². The Kier molecular flexibility index (Phi) is 6.88. The summed E-state index contributed by atoms with van der Waals surface area (Å²) in [7, 11) is -15.7. The number of phenols is 1. The fraction of sp³-hybridized carbons (Fsp3) is 0.0500. The molecule has 0 aliphatic carbocycles. The van der Waals surface area contributed by atoms with Crippen LogP contribution in [0.5, 0.6) is 5.75 Å². The Morgan fingerprint density at radius 3 is 1.80 bits per heavy atom. The first-order valence-electron chi connectivity index (χ1n) is 9.35. The molecule has 0 atom stereocenters. The van der Waals surface area contributed by atoms with E-state index in [-0.39, 0.29) is 11.8 Å². The third kappa shape index (κ3) is 5.93. The standard InChI is InChI=1S/C20H16F2N2O8S3/c1-13(25)24(15-5-3-2-4-6-15)19-8-7-16(12-20(19)26)35(31,32)23-14-9-17(33(21,27)28)11-18(10-14)34(22,29)30/h2-12,23,26H,1H3. The first kappa shape index (κ1) is 26.1. The van der Waals surface area contributed by atoms with Gasteiger partial charge in [0.25, 0.3) is 10.0 Å². The van der Waals surface area contributed by atoms with Crippen LogP contribution >= 0.6 is 0 Å². The summed E-state index contributed by atoms with van der Waals surface area (Å²) >= 11 is 0. The number of aromatic hydroxyl groups is 1. The maximum absolute atomic E-state index is 13.4. The van der Waals surface area contributed by atoms with Gasteiger partial charge >= 0.3 is 20.4 Å². The number of amides is 1. The number of sulfonamides is 1. The van der Waals surface area contributed by atoms with Crippen LogP contribution in [0.3, 0.4) is 0 Å². The zero-order chi connectivity index (χ0) is 26.2. The van der Waals surface area contributed by atoms with E-state index in [9.17, 15) is 42.9 Å². The highest BCUT2D eigenvalue weighted by atomic mass is 32.3. The normalized spacial score (nSPS) is 12.2. The van der Waals surface area contributed by atoms with Crippen molar-refractivity contribution in [3.63, 3.8) is 0 Å². The number of anilines is 3. The lowest BCUT2D eigenvalue weighted by Crippen LogP contribution is -2.23. The van der Waals surface area contributed by atoms with Gasteiger partial charge in [0, 0.05) is 18.7 Å². The molecule has 0 saturated carbocycles. The third-order valence-corrected chi connectivity index (χ3v) is 7.50. The molecule has 0 aromatic heterocycles. The summed E-state index contributed by atoms with van der Waals surface area (Å²) in [4.78, 5) is 10.1. The lowest BCUT2D eigenvalue weighted by Gasteiger charge is -2.22. The molecule has 0 saturated heterocycles. The van der Waals surface area contributed by atoms with Gasteiger partial charge in [-0.15, -0.1) is 7.77 Å². The third-order valence-electron chi connectivity index (χ3n) is 4.52. The molecule has 2 N–H and O–H groups in total. The van der Waals surface area contributed by atoms with Crippen molar-refractivity contribution in [3.8, 4) is 5.75 Å². The van der Waals surface area contributed by atoms with Gasteiger partial charge in [0.15, 0.2) is 0 Å². The van der Waals surface area contributed by atoms with Crippen molar-refractivity contribution in [2.75, 3.05) is 9.62 Å². The topological polar surface area (TPSA) is 155 Å². The maximum atomic E-state index is 13.4. The second-order valence-electron chi connectivity index (χ2n) is 7.01. The molecule has 0 spiro atoms. The first-order valence-corrected chi connectivity index (χ1v) is 13.6. The van der Waals surface area contributed by atoms with Crippen LogP contribution in [-0.2, 0) is 35.3 Å². The smallest absolute Gasteiger partial charge is 0.332 e. The van der Waals surface area contributed by atoms with Crippen LogP contribution in [0.25, 0.3) is 0 Å². The average molecular weight is 547 g/mol. The van der Waals surface area contributed by atoms with Crippen molar-refractivity contribution in [2.24, 2.45) is 0 Å². The molecule has 15 heteroatoms. The molecule has 35 heavy (non-hydrogen) atoms. The van der Waals surface area contributed by atoms with Crippen molar-refractivity contribution in [3.05, 3.63) is 66.7 Å². The number of nitrogens with zero attached hydrogens (tertiary/aromatic N) is 1. The number of halogens is 2. The zero-order valence-corrected chi connectivity index (χ0v) is 20.0. The molecule has 0 aliphatic heterocycles. The van der Waals surface area contributed by atoms with Crippen LogP contribution in [0.2, 0.25) is 0 Å². The molecule has 3 rings (SSSR count). The second kappa shape index (κ2) is 9.24. The second-order valence-corrected chi connectivity index (χ2v) is 11.4. The molecule has 0 aliphatic rings. The number of hydrogen-bond acceptors (Lipinski definition) is 8. The summed E-state index contributed by atoms with van der Waals surface area (Å²) in [6.45, 7) is 1.22. The number of carbonyl (C=O) groups is 1. The molecule has 0 heterocycles. The van der Waals surface area contributed by atoms with Gasteiger partial charge in [0.05, 0.1) is 16.3 Å². The molecule has 0 fully saturated rings. The van der Waals surface area contributed by atoms with Crippen molar-refractivity contribution in [1.29, 1.82) is 0 Å². The van der Waals surface area contributed by atoms with Crippen LogP contribution in [0, 0.1) is 0 Å². The lowest BCUT2D eigenvalue weighted by atomic mass is 10.2. The highest BCUT2D eigenvalue weighted by molar-refractivity contribution is 7.92. The van der Waals surface area contributed by atoms with Gasteiger partial charge in [-0.2, -0.15) is 16.8 Å². The summed E-state index contributed by atoms with van der Waals surface area (Å²) in [5.41, 5.74) is -0.453. The Balaban J connectivity index is 2.04. The summed E-state index contributed by atoms with van der Waals surface area (Å²) < 4.78 is 98.9. The first-order chi connectivity index (χ1) is 16.1. The van der Waals surface area contributed by atoms with E-state index in [0.29, 0.717) is 17.8 Å². The van der Waals surface area contributed by atoms with Crippen LogP contribution in [0.15, 0.2) is 81.4 Å². The van der Waals surface area contributed by atoms with Gasteiger partial charge in [0.2, 0.25) is 5.91 Å². The van der Waals surface area contributed by atoms with Crippen molar-refractivity contribution in [2.45, 2.75) is 21.6 Å². The summed E-state index contributed by atoms with van der Waals surface area (Å²) in [6, 6.07) is 12.1. The number of para-hydroxylation sites is 1. The van der Waals surface area contributed by atoms with E-state index in [0.717, 1.165) is 23.1 Å². The summed E-state index contributed by atoms with van der Waals surface area (Å²) in [6.07, 6.45) is 0. The minimum atomic E-state index is -5.53. The fourth-order valence-electron chi connectivity index (χ4n) is 3.05. The Morgan fingerprint density at radius 1 is 0.800 bits per heavy atom. The molecular weight excluding hydrogens is 530 g/mol. The van der Waals surface area contributed by atoms with Crippen LogP contribution in [-0.4, -0.2) is 36.3 Å². The van der Waals surface area contributed by atoms with E-state index in [4.69, 9.17) is 0 Å². The number of nitrogens with one attached hydrogen (secondary N) is 1. The Labute approximate surface area is 199 Å². The average Bonchev–Trinajstić information content (AvgIpc) is 2.74. The molecule has 186 valence electrons. The van der Waals surface area contributed by atoms with E-state index < -0.39 is 62.5 Å². The van der Waals surface area contributed by atoms with Crippen molar-refractivity contribution >= 4 is 53.4 Å². The lowest BCUT2D eigenvalue weighted by molar-refractivity contribution is -0.115. The van der Waals surface area contributed by atoms with E-state index in [1.165, 1.54) is 6.92 Å². The number of carbonyl (C=O) groups excluding carboxylic acids is 1. The largest absolute Gasteiger partial charge is 0.506 e. The van der Waals surface area contributed by atoms with E-state index in [1.54, 1.807) is 30.3 Å². The van der Waals surface area contributed by atoms with Gasteiger partial charge in [0.1, 0.15) is 15.5 Å². The molecule has 10 nitrogen and oxygen atoms in total. The predicted octanol–water partition coefficient (Wildman–Crippen LogP) is 3.19. The van der Waals surface area contributed by atoms with E-state index in [2.05, 4.69) is 0 Å². The maximum Gasteiger partial charge on any atom is 0.332 e. The van der Waals surface area contributed by atoms with Crippen LogP contribution in [0.4, 0.5) is 24.8 Å². The SMILES string of the molecule is CC(=O)N(c1ccccc1)c1ccc(S(=O)(=O)Nc2cc(S(=O)(=O)F)cc(S(=O)(=O)F)c2)cc1O. The molecule has 3 aromatic carbocycles. The van der Waals surface area contributed by atoms with Crippen molar-refractivity contribution < 1.29 is 42.9 Å². The van der Waals surface area contributed by atoms with Crippen molar-refractivity contribution in [1.82, 2.24) is 0 Å². The van der Waals surface area contributed by atoms with E-state index in [1.807, 2.05) is 4.72 Å². The molecule has 3 aromatic rings. The minimum absolute atomic E-state index is 0.0565. The van der Waals surface area contributed by atoms with Crippen LogP contribution in [0.1, 0.15) is 6.92 Å².